The van der Waals surface area contributed by atoms with Crippen molar-refractivity contribution >= 4 is 5.97 Å². The molecule has 86 valence electrons. The zero-order valence-electron chi connectivity index (χ0n) is 9.30. The van der Waals surface area contributed by atoms with Crippen molar-refractivity contribution in [3.05, 3.63) is 23.7 Å². The molecule has 0 aliphatic heterocycles. The van der Waals surface area contributed by atoms with Gasteiger partial charge in [0.25, 0.3) is 0 Å². The van der Waals surface area contributed by atoms with Crippen molar-refractivity contribution in [2.45, 2.75) is 25.9 Å². The molecule has 1 atom stereocenters. The molecule has 0 aliphatic rings. The number of carboxylic acids is 1. The number of furan rings is 1. The molecular formula is C11H14N2O3. The molecule has 0 saturated carbocycles. The molecule has 0 aliphatic carbocycles. The van der Waals surface area contributed by atoms with E-state index in [1.54, 1.807) is 6.07 Å². The third-order valence-electron chi connectivity index (χ3n) is 2.50. The second-order valence-corrected chi connectivity index (χ2v) is 3.71. The van der Waals surface area contributed by atoms with E-state index in [9.17, 15) is 4.79 Å². The number of nitriles is 1. The summed E-state index contributed by atoms with van der Waals surface area (Å²) in [5.74, 6) is -1.10. The fraction of sp³-hybridized carbons (Fsp3) is 0.455. The Morgan fingerprint density at radius 1 is 1.75 bits per heavy atom. The van der Waals surface area contributed by atoms with E-state index in [0.29, 0.717) is 18.5 Å². The normalized spacial score (nSPS) is 12.4. The Balaban J connectivity index is 2.70. The van der Waals surface area contributed by atoms with Gasteiger partial charge in [0, 0.05) is 18.2 Å². The second kappa shape index (κ2) is 5.33. The van der Waals surface area contributed by atoms with Gasteiger partial charge in [-0.2, -0.15) is 5.26 Å². The van der Waals surface area contributed by atoms with Crippen LogP contribution in [0, 0.1) is 11.3 Å². The molecule has 0 fully saturated rings. The van der Waals surface area contributed by atoms with Crippen LogP contribution in [0.2, 0.25) is 0 Å². The molecule has 1 aromatic heterocycles. The Hall–Kier alpha value is -1.80. The standard InChI is InChI=1S/C11H14N2O3/c1-8(3-5-12)13(2)7-9-4-6-16-10(9)11(14)15/h4,6,8H,3,7H2,1-2H3,(H,14,15). The zero-order valence-corrected chi connectivity index (χ0v) is 9.30. The van der Waals surface area contributed by atoms with Crippen LogP contribution in [0.1, 0.15) is 29.5 Å². The third kappa shape index (κ3) is 2.84. The number of hydrogen-bond donors (Lipinski definition) is 1. The van der Waals surface area contributed by atoms with E-state index in [1.165, 1.54) is 6.26 Å². The molecule has 1 rings (SSSR count). The molecule has 0 saturated heterocycles. The van der Waals surface area contributed by atoms with Gasteiger partial charge in [0.05, 0.1) is 18.8 Å². The fourth-order valence-corrected chi connectivity index (χ4v) is 1.36. The van der Waals surface area contributed by atoms with E-state index in [4.69, 9.17) is 14.8 Å². The maximum atomic E-state index is 10.8. The third-order valence-corrected chi connectivity index (χ3v) is 2.50. The lowest BCUT2D eigenvalue weighted by atomic mass is 10.2. The van der Waals surface area contributed by atoms with E-state index in [2.05, 4.69) is 6.07 Å². The molecule has 0 aromatic carbocycles. The minimum absolute atomic E-state index is 0.0315. The first-order valence-electron chi connectivity index (χ1n) is 4.93. The van der Waals surface area contributed by atoms with Crippen molar-refractivity contribution in [3.8, 4) is 6.07 Å². The van der Waals surface area contributed by atoms with Gasteiger partial charge in [-0.25, -0.2) is 4.79 Å². The minimum atomic E-state index is -1.07. The predicted octanol–water partition coefficient (Wildman–Crippen LogP) is 1.71. The van der Waals surface area contributed by atoms with Crippen LogP contribution in [0.5, 0.6) is 0 Å². The van der Waals surface area contributed by atoms with Crippen molar-refractivity contribution in [2.24, 2.45) is 0 Å². The minimum Gasteiger partial charge on any atom is -0.475 e. The van der Waals surface area contributed by atoms with Crippen LogP contribution >= 0.6 is 0 Å². The number of rotatable bonds is 5. The second-order valence-electron chi connectivity index (χ2n) is 3.71. The highest BCUT2D eigenvalue weighted by molar-refractivity contribution is 5.86. The highest BCUT2D eigenvalue weighted by Crippen LogP contribution is 2.14. The van der Waals surface area contributed by atoms with E-state index >= 15 is 0 Å². The maximum Gasteiger partial charge on any atom is 0.372 e. The van der Waals surface area contributed by atoms with Gasteiger partial charge in [0.2, 0.25) is 5.76 Å². The summed E-state index contributed by atoms with van der Waals surface area (Å²) in [4.78, 5) is 12.7. The van der Waals surface area contributed by atoms with E-state index in [-0.39, 0.29) is 11.8 Å². The molecule has 5 heteroatoms. The van der Waals surface area contributed by atoms with Gasteiger partial charge in [0.1, 0.15) is 0 Å². The van der Waals surface area contributed by atoms with Crippen LogP contribution in [0.15, 0.2) is 16.7 Å². The fourth-order valence-electron chi connectivity index (χ4n) is 1.36. The van der Waals surface area contributed by atoms with Crippen LogP contribution < -0.4 is 0 Å². The molecule has 0 spiro atoms. The van der Waals surface area contributed by atoms with Crippen LogP contribution in [0.25, 0.3) is 0 Å². The number of hydrogen-bond acceptors (Lipinski definition) is 4. The Morgan fingerprint density at radius 3 is 3.00 bits per heavy atom. The zero-order chi connectivity index (χ0) is 12.1. The SMILES string of the molecule is CC(CC#N)N(C)Cc1ccoc1C(=O)O. The molecule has 0 radical (unpaired) electrons. The monoisotopic (exact) mass is 222 g/mol. The molecule has 1 aromatic rings. The summed E-state index contributed by atoms with van der Waals surface area (Å²) in [7, 11) is 1.85. The average Bonchev–Trinajstić information content (AvgIpc) is 2.66. The summed E-state index contributed by atoms with van der Waals surface area (Å²) in [6.07, 6.45) is 1.78. The Kier molecular flexibility index (Phi) is 4.09. The van der Waals surface area contributed by atoms with Gasteiger partial charge in [-0.15, -0.1) is 0 Å². The topological polar surface area (TPSA) is 77.5 Å². The van der Waals surface area contributed by atoms with Crippen molar-refractivity contribution < 1.29 is 14.3 Å². The molecule has 1 unspecified atom stereocenters. The molecule has 0 amide bonds. The molecule has 0 bridgehead atoms. The van der Waals surface area contributed by atoms with Gasteiger partial charge in [-0.3, -0.25) is 4.90 Å². The van der Waals surface area contributed by atoms with Crippen LogP contribution in [-0.4, -0.2) is 29.1 Å². The summed E-state index contributed by atoms with van der Waals surface area (Å²) in [5.41, 5.74) is 0.625. The van der Waals surface area contributed by atoms with Crippen LogP contribution in [0.4, 0.5) is 0 Å². The van der Waals surface area contributed by atoms with Crippen molar-refractivity contribution in [1.82, 2.24) is 4.90 Å². The quantitative estimate of drug-likeness (QED) is 0.820. The van der Waals surface area contributed by atoms with E-state index < -0.39 is 5.97 Å². The molecule has 16 heavy (non-hydrogen) atoms. The number of aromatic carboxylic acids is 1. The molecule has 1 heterocycles. The highest BCUT2D eigenvalue weighted by atomic mass is 16.4. The van der Waals surface area contributed by atoms with Crippen LogP contribution in [0.3, 0.4) is 0 Å². The largest absolute Gasteiger partial charge is 0.475 e. The van der Waals surface area contributed by atoms with Gasteiger partial charge in [-0.1, -0.05) is 0 Å². The Bertz CT molecular complexity index is 406. The molecule has 5 nitrogen and oxygen atoms in total. The number of carboxylic acid groups (broad SMARTS) is 1. The lowest BCUT2D eigenvalue weighted by molar-refractivity contribution is 0.0659. The first-order valence-corrected chi connectivity index (χ1v) is 4.93. The first-order chi connectivity index (χ1) is 7.56. The number of carbonyl (C=O) groups is 1. The maximum absolute atomic E-state index is 10.8. The predicted molar refractivity (Wildman–Crippen MR) is 56.8 cm³/mol. The summed E-state index contributed by atoms with van der Waals surface area (Å²) in [6, 6.07) is 3.81. The summed E-state index contributed by atoms with van der Waals surface area (Å²) in [6.45, 7) is 2.38. The van der Waals surface area contributed by atoms with Crippen molar-refractivity contribution in [1.29, 1.82) is 5.26 Å². The lowest BCUT2D eigenvalue weighted by Gasteiger charge is -2.21. The molecule has 1 N–H and O–H groups in total. The van der Waals surface area contributed by atoms with E-state index in [1.807, 2.05) is 18.9 Å². The summed E-state index contributed by atoms with van der Waals surface area (Å²) < 4.78 is 4.88. The van der Waals surface area contributed by atoms with Crippen LogP contribution in [-0.2, 0) is 6.54 Å². The highest BCUT2D eigenvalue weighted by Gasteiger charge is 2.17. The summed E-state index contributed by atoms with van der Waals surface area (Å²) in [5, 5.41) is 17.4. The summed E-state index contributed by atoms with van der Waals surface area (Å²) >= 11 is 0. The van der Waals surface area contributed by atoms with Gasteiger partial charge < -0.3 is 9.52 Å². The van der Waals surface area contributed by atoms with E-state index in [0.717, 1.165) is 0 Å². The smallest absolute Gasteiger partial charge is 0.372 e. The van der Waals surface area contributed by atoms with Crippen molar-refractivity contribution in [2.75, 3.05) is 7.05 Å². The number of nitrogens with zero attached hydrogens (tertiary/aromatic N) is 2. The van der Waals surface area contributed by atoms with Crippen molar-refractivity contribution in [3.63, 3.8) is 0 Å². The lowest BCUT2D eigenvalue weighted by Crippen LogP contribution is -2.28. The Morgan fingerprint density at radius 2 is 2.44 bits per heavy atom. The van der Waals surface area contributed by atoms with Gasteiger partial charge >= 0.3 is 5.97 Å². The van der Waals surface area contributed by atoms with Gasteiger partial charge in [-0.05, 0) is 20.0 Å². The Labute approximate surface area is 93.9 Å². The molecular weight excluding hydrogens is 208 g/mol. The first kappa shape index (κ1) is 12.3. The van der Waals surface area contributed by atoms with Gasteiger partial charge in [0.15, 0.2) is 0 Å². The average molecular weight is 222 g/mol.